The fraction of sp³-hybridized carbons (Fsp3) is 0.273. The van der Waals surface area contributed by atoms with E-state index in [9.17, 15) is 4.39 Å². The van der Waals surface area contributed by atoms with Crippen LogP contribution in [0.4, 0.5) is 4.39 Å². The normalized spacial score (nSPS) is 13.0. The first kappa shape index (κ1) is 13.4. The zero-order valence-corrected chi connectivity index (χ0v) is 10.4. The SMILES string of the molecule is C/C(=N\NC(N)=S)C(C)Oc1ccc(F)cc1. The van der Waals surface area contributed by atoms with Gasteiger partial charge in [0.1, 0.15) is 17.7 Å². The molecule has 1 aromatic carbocycles. The van der Waals surface area contributed by atoms with E-state index in [0.29, 0.717) is 11.5 Å². The van der Waals surface area contributed by atoms with Crippen molar-refractivity contribution in [1.29, 1.82) is 0 Å². The molecule has 0 aliphatic carbocycles. The predicted molar refractivity (Wildman–Crippen MR) is 69.5 cm³/mol. The first-order chi connectivity index (χ1) is 7.99. The summed E-state index contributed by atoms with van der Waals surface area (Å²) >= 11 is 4.62. The van der Waals surface area contributed by atoms with Gasteiger partial charge in [-0.25, -0.2) is 4.39 Å². The number of nitrogens with two attached hydrogens (primary N) is 1. The molecule has 1 unspecified atom stereocenters. The lowest BCUT2D eigenvalue weighted by atomic mass is 10.2. The minimum Gasteiger partial charge on any atom is -0.485 e. The predicted octanol–water partition coefficient (Wildman–Crippen LogP) is 1.80. The maximum atomic E-state index is 12.7. The van der Waals surface area contributed by atoms with Crippen LogP contribution < -0.4 is 15.9 Å². The highest BCUT2D eigenvalue weighted by Gasteiger charge is 2.08. The van der Waals surface area contributed by atoms with Crippen LogP contribution in [0.15, 0.2) is 29.4 Å². The van der Waals surface area contributed by atoms with Crippen molar-refractivity contribution in [3.8, 4) is 5.75 Å². The lowest BCUT2D eigenvalue weighted by molar-refractivity contribution is 0.285. The maximum absolute atomic E-state index is 12.7. The molecule has 0 heterocycles. The second-order valence-electron chi connectivity index (χ2n) is 3.44. The fourth-order valence-corrected chi connectivity index (χ4v) is 1.08. The third-order valence-corrected chi connectivity index (χ3v) is 2.15. The molecule has 92 valence electrons. The Kier molecular flexibility index (Phi) is 4.84. The second kappa shape index (κ2) is 6.15. The average molecular weight is 255 g/mol. The number of thiocarbonyl (C=S) groups is 1. The van der Waals surface area contributed by atoms with Gasteiger partial charge in [0.2, 0.25) is 0 Å². The molecule has 1 atom stereocenters. The summed E-state index contributed by atoms with van der Waals surface area (Å²) in [4.78, 5) is 0. The molecule has 1 rings (SSSR count). The van der Waals surface area contributed by atoms with Crippen LogP contribution in [0.1, 0.15) is 13.8 Å². The quantitative estimate of drug-likeness (QED) is 0.489. The van der Waals surface area contributed by atoms with E-state index in [1.54, 1.807) is 19.1 Å². The van der Waals surface area contributed by atoms with E-state index in [1.807, 2.05) is 6.92 Å². The smallest absolute Gasteiger partial charge is 0.184 e. The highest BCUT2D eigenvalue weighted by atomic mass is 32.1. The van der Waals surface area contributed by atoms with Gasteiger partial charge in [-0.15, -0.1) is 0 Å². The van der Waals surface area contributed by atoms with E-state index >= 15 is 0 Å². The molecular weight excluding hydrogens is 241 g/mol. The molecule has 0 saturated heterocycles. The summed E-state index contributed by atoms with van der Waals surface area (Å²) in [5.74, 6) is 0.273. The first-order valence-corrected chi connectivity index (χ1v) is 5.41. The van der Waals surface area contributed by atoms with E-state index in [-0.39, 0.29) is 17.0 Å². The van der Waals surface area contributed by atoms with Crippen LogP contribution >= 0.6 is 12.2 Å². The Balaban J connectivity index is 2.59. The molecular formula is C11H14FN3OS. The number of nitrogens with zero attached hydrogens (tertiary/aromatic N) is 1. The molecule has 0 saturated carbocycles. The summed E-state index contributed by atoms with van der Waals surface area (Å²) < 4.78 is 18.2. The molecule has 4 nitrogen and oxygen atoms in total. The zero-order valence-electron chi connectivity index (χ0n) is 9.61. The van der Waals surface area contributed by atoms with Crippen LogP contribution in [0.2, 0.25) is 0 Å². The van der Waals surface area contributed by atoms with Crippen molar-refractivity contribution in [2.45, 2.75) is 20.0 Å². The number of hydrazone groups is 1. The number of halogens is 1. The van der Waals surface area contributed by atoms with Gasteiger partial charge >= 0.3 is 0 Å². The monoisotopic (exact) mass is 255 g/mol. The molecule has 6 heteroatoms. The third kappa shape index (κ3) is 4.78. The molecule has 0 aliphatic heterocycles. The molecule has 0 aliphatic rings. The number of rotatable bonds is 4. The topological polar surface area (TPSA) is 59.6 Å². The van der Waals surface area contributed by atoms with Crippen LogP contribution in [0.5, 0.6) is 5.75 Å². The van der Waals surface area contributed by atoms with Crippen LogP contribution in [0, 0.1) is 5.82 Å². The van der Waals surface area contributed by atoms with E-state index in [0.717, 1.165) is 0 Å². The Bertz CT molecular complexity index is 419. The van der Waals surface area contributed by atoms with Gasteiger partial charge < -0.3 is 10.5 Å². The number of ether oxygens (including phenoxy) is 1. The summed E-state index contributed by atoms with van der Waals surface area (Å²) in [6.07, 6.45) is -0.262. The van der Waals surface area contributed by atoms with Crippen LogP contribution in [-0.2, 0) is 0 Å². The summed E-state index contributed by atoms with van der Waals surface area (Å²) in [6, 6.07) is 5.78. The second-order valence-corrected chi connectivity index (χ2v) is 3.88. The molecule has 0 radical (unpaired) electrons. The van der Waals surface area contributed by atoms with E-state index < -0.39 is 0 Å². The number of hydrogen-bond acceptors (Lipinski definition) is 3. The molecule has 0 aromatic heterocycles. The molecule has 0 amide bonds. The van der Waals surface area contributed by atoms with Crippen LogP contribution in [0.25, 0.3) is 0 Å². The van der Waals surface area contributed by atoms with Gasteiger partial charge in [-0.1, -0.05) is 0 Å². The van der Waals surface area contributed by atoms with E-state index in [2.05, 4.69) is 22.7 Å². The summed E-state index contributed by atoms with van der Waals surface area (Å²) in [5, 5.41) is 4.03. The lowest BCUT2D eigenvalue weighted by Crippen LogP contribution is -2.29. The largest absolute Gasteiger partial charge is 0.485 e. The number of benzene rings is 1. The zero-order chi connectivity index (χ0) is 12.8. The molecule has 1 aromatic rings. The van der Waals surface area contributed by atoms with E-state index in [4.69, 9.17) is 10.5 Å². The Hall–Kier alpha value is -1.69. The summed E-state index contributed by atoms with van der Waals surface area (Å²) in [5.41, 5.74) is 8.40. The first-order valence-electron chi connectivity index (χ1n) is 5.01. The molecule has 17 heavy (non-hydrogen) atoms. The highest BCUT2D eigenvalue weighted by Crippen LogP contribution is 2.13. The molecule has 0 bridgehead atoms. The van der Waals surface area contributed by atoms with Crippen molar-refractivity contribution in [3.05, 3.63) is 30.1 Å². The van der Waals surface area contributed by atoms with Crippen molar-refractivity contribution >= 4 is 23.0 Å². The van der Waals surface area contributed by atoms with Gasteiger partial charge in [0.15, 0.2) is 5.11 Å². The summed E-state index contributed by atoms with van der Waals surface area (Å²) in [7, 11) is 0. The number of hydrogen-bond donors (Lipinski definition) is 2. The van der Waals surface area contributed by atoms with Gasteiger partial charge in [-0.3, -0.25) is 5.43 Å². The van der Waals surface area contributed by atoms with Gasteiger partial charge in [0.25, 0.3) is 0 Å². The Morgan fingerprint density at radius 3 is 2.59 bits per heavy atom. The Morgan fingerprint density at radius 1 is 1.47 bits per heavy atom. The fourth-order valence-electron chi connectivity index (χ4n) is 1.04. The van der Waals surface area contributed by atoms with Gasteiger partial charge in [0, 0.05) is 0 Å². The van der Waals surface area contributed by atoms with Crippen molar-refractivity contribution in [2.75, 3.05) is 0 Å². The van der Waals surface area contributed by atoms with Crippen molar-refractivity contribution < 1.29 is 9.13 Å². The van der Waals surface area contributed by atoms with Gasteiger partial charge in [-0.2, -0.15) is 5.10 Å². The highest BCUT2D eigenvalue weighted by molar-refractivity contribution is 7.80. The summed E-state index contributed by atoms with van der Waals surface area (Å²) in [6.45, 7) is 3.60. The minimum absolute atomic E-state index is 0.0957. The molecule has 3 N–H and O–H groups in total. The van der Waals surface area contributed by atoms with Crippen LogP contribution in [0.3, 0.4) is 0 Å². The van der Waals surface area contributed by atoms with Crippen molar-refractivity contribution in [3.63, 3.8) is 0 Å². The van der Waals surface area contributed by atoms with Crippen molar-refractivity contribution in [1.82, 2.24) is 5.43 Å². The van der Waals surface area contributed by atoms with Gasteiger partial charge in [0.05, 0.1) is 5.71 Å². The third-order valence-electron chi connectivity index (χ3n) is 2.06. The minimum atomic E-state index is -0.300. The lowest BCUT2D eigenvalue weighted by Gasteiger charge is -2.14. The standard InChI is InChI=1S/C11H14FN3OS/c1-7(14-15-11(13)17)8(2)16-10-5-3-9(12)4-6-10/h3-6,8H,1-2H3,(H3,13,15,17)/b14-7+. The van der Waals surface area contributed by atoms with Gasteiger partial charge in [-0.05, 0) is 50.3 Å². The maximum Gasteiger partial charge on any atom is 0.184 e. The average Bonchev–Trinajstić information content (AvgIpc) is 2.28. The van der Waals surface area contributed by atoms with E-state index in [1.165, 1.54) is 12.1 Å². The molecule has 0 spiro atoms. The van der Waals surface area contributed by atoms with Crippen LogP contribution in [-0.4, -0.2) is 16.9 Å². The van der Waals surface area contributed by atoms with Crippen molar-refractivity contribution in [2.24, 2.45) is 10.8 Å². The molecule has 0 fully saturated rings. The Morgan fingerprint density at radius 2 is 2.06 bits per heavy atom. The number of nitrogens with one attached hydrogen (secondary N) is 1. The Labute approximate surface area is 105 Å².